The van der Waals surface area contributed by atoms with Gasteiger partial charge in [-0.15, -0.1) is 0 Å². The number of imidazole rings is 1. The van der Waals surface area contributed by atoms with Gasteiger partial charge in [0, 0.05) is 6.20 Å². The molecule has 0 bridgehead atoms. The van der Waals surface area contributed by atoms with Gasteiger partial charge >= 0.3 is 0 Å². The molecule has 0 amide bonds. The number of nitrogens with zero attached hydrogens (tertiary/aromatic N) is 3. The molecule has 1 N–H and O–H groups in total. The van der Waals surface area contributed by atoms with Crippen molar-refractivity contribution >= 4 is 50.5 Å². The van der Waals surface area contributed by atoms with Gasteiger partial charge in [-0.3, -0.25) is 4.40 Å². The molecule has 1 aromatic carbocycles. The van der Waals surface area contributed by atoms with Gasteiger partial charge in [-0.25, -0.2) is 14.4 Å². The summed E-state index contributed by atoms with van der Waals surface area (Å²) in [4.78, 5) is 8.35. The Labute approximate surface area is 138 Å². The Bertz CT molecular complexity index is 798. The van der Waals surface area contributed by atoms with Crippen molar-refractivity contribution in [3.63, 3.8) is 0 Å². The molecule has 8 heteroatoms. The Hall–Kier alpha value is -1.37. The smallest absolute Gasteiger partial charge is 0.155 e. The number of rotatable bonds is 3. The van der Waals surface area contributed by atoms with E-state index in [-0.39, 0.29) is 10.0 Å². The fourth-order valence-electron chi connectivity index (χ4n) is 1.94. The Kier molecular flexibility index (Phi) is 4.01. The maximum atomic E-state index is 13.2. The topological polar surface area (TPSA) is 42.2 Å². The van der Waals surface area contributed by atoms with Gasteiger partial charge in [0.05, 0.1) is 40.4 Å². The molecule has 3 aromatic rings. The van der Waals surface area contributed by atoms with E-state index in [0.29, 0.717) is 16.8 Å². The van der Waals surface area contributed by atoms with Gasteiger partial charge in [0.1, 0.15) is 10.4 Å². The SMILES string of the molecule is Fc1cc(Cl)c(NCc2cnc3cnc(Br)cn23)c(Cl)c1. The van der Waals surface area contributed by atoms with E-state index in [1.54, 1.807) is 12.4 Å². The first-order valence-corrected chi connectivity index (χ1v) is 7.45. The Balaban J connectivity index is 1.89. The maximum Gasteiger partial charge on any atom is 0.155 e. The number of nitrogens with one attached hydrogen (secondary N) is 1. The first kappa shape index (κ1) is 14.6. The first-order valence-electron chi connectivity index (χ1n) is 5.90. The average molecular weight is 390 g/mol. The van der Waals surface area contributed by atoms with Crippen LogP contribution in [0.1, 0.15) is 5.69 Å². The molecule has 108 valence electrons. The zero-order chi connectivity index (χ0) is 15.0. The van der Waals surface area contributed by atoms with Crippen LogP contribution in [0, 0.1) is 5.82 Å². The second-order valence-electron chi connectivity index (χ2n) is 4.29. The number of halogens is 4. The lowest BCUT2D eigenvalue weighted by Gasteiger charge is -2.10. The van der Waals surface area contributed by atoms with Gasteiger partial charge < -0.3 is 5.32 Å². The van der Waals surface area contributed by atoms with E-state index in [0.717, 1.165) is 11.3 Å². The van der Waals surface area contributed by atoms with Crippen LogP contribution in [0.4, 0.5) is 10.1 Å². The minimum absolute atomic E-state index is 0.233. The van der Waals surface area contributed by atoms with Crippen LogP contribution in [0.25, 0.3) is 5.65 Å². The fraction of sp³-hybridized carbons (Fsp3) is 0.0769. The highest BCUT2D eigenvalue weighted by atomic mass is 79.9. The zero-order valence-corrected chi connectivity index (χ0v) is 13.5. The van der Waals surface area contributed by atoms with Crippen LogP contribution in [-0.4, -0.2) is 14.4 Å². The summed E-state index contributed by atoms with van der Waals surface area (Å²) in [7, 11) is 0. The molecule has 0 saturated carbocycles. The molecular weight excluding hydrogens is 382 g/mol. The summed E-state index contributed by atoms with van der Waals surface area (Å²) < 4.78 is 15.7. The molecule has 0 aliphatic heterocycles. The third-order valence-corrected chi connectivity index (χ3v) is 3.90. The Morgan fingerprint density at radius 3 is 2.62 bits per heavy atom. The predicted octanol–water partition coefficient (Wildman–Crippen LogP) is 4.55. The molecule has 21 heavy (non-hydrogen) atoms. The van der Waals surface area contributed by atoms with Gasteiger partial charge in [-0.05, 0) is 28.1 Å². The molecule has 0 atom stereocenters. The van der Waals surface area contributed by atoms with E-state index < -0.39 is 5.82 Å². The summed E-state index contributed by atoms with van der Waals surface area (Å²) in [6.07, 6.45) is 5.19. The number of hydrogen-bond acceptors (Lipinski definition) is 3. The number of aromatic nitrogens is 3. The summed E-state index contributed by atoms with van der Waals surface area (Å²) >= 11 is 15.3. The highest BCUT2D eigenvalue weighted by Gasteiger charge is 2.10. The van der Waals surface area contributed by atoms with Gasteiger partial charge in [-0.1, -0.05) is 23.2 Å². The van der Waals surface area contributed by atoms with Crippen LogP contribution >= 0.6 is 39.1 Å². The van der Waals surface area contributed by atoms with E-state index in [1.165, 1.54) is 12.1 Å². The van der Waals surface area contributed by atoms with Crippen molar-refractivity contribution in [1.82, 2.24) is 14.4 Å². The fourth-order valence-corrected chi connectivity index (χ4v) is 2.84. The lowest BCUT2D eigenvalue weighted by molar-refractivity contribution is 0.628. The molecular formula is C13H8BrCl2FN4. The zero-order valence-electron chi connectivity index (χ0n) is 10.4. The minimum Gasteiger partial charge on any atom is -0.377 e. The summed E-state index contributed by atoms with van der Waals surface area (Å²) in [5, 5.41) is 3.56. The van der Waals surface area contributed by atoms with E-state index in [1.807, 2.05) is 10.6 Å². The summed E-state index contributed by atoms with van der Waals surface area (Å²) in [6, 6.07) is 2.43. The van der Waals surface area contributed by atoms with Crippen molar-refractivity contribution in [1.29, 1.82) is 0 Å². The standard InChI is InChI=1S/C13H8BrCl2FN4/c14-11-6-21-8(3-19-12(21)5-18-11)4-20-13-9(15)1-7(17)2-10(13)16/h1-3,5-6,20H,4H2. The van der Waals surface area contributed by atoms with E-state index in [9.17, 15) is 4.39 Å². The van der Waals surface area contributed by atoms with Gasteiger partial charge in [-0.2, -0.15) is 0 Å². The van der Waals surface area contributed by atoms with Crippen molar-refractivity contribution in [3.8, 4) is 0 Å². The molecule has 3 rings (SSSR count). The van der Waals surface area contributed by atoms with E-state index >= 15 is 0 Å². The largest absolute Gasteiger partial charge is 0.377 e. The molecule has 0 spiro atoms. The molecule has 0 radical (unpaired) electrons. The Morgan fingerprint density at radius 1 is 1.19 bits per heavy atom. The quantitative estimate of drug-likeness (QED) is 0.714. The third kappa shape index (κ3) is 2.97. The number of anilines is 1. The van der Waals surface area contributed by atoms with Crippen molar-refractivity contribution in [3.05, 3.63) is 56.9 Å². The molecule has 0 aliphatic carbocycles. The van der Waals surface area contributed by atoms with Crippen LogP contribution in [0.3, 0.4) is 0 Å². The summed E-state index contributed by atoms with van der Waals surface area (Å²) in [5.41, 5.74) is 2.11. The highest BCUT2D eigenvalue weighted by Crippen LogP contribution is 2.31. The van der Waals surface area contributed by atoms with E-state index in [4.69, 9.17) is 23.2 Å². The molecule has 0 saturated heterocycles. The van der Waals surface area contributed by atoms with E-state index in [2.05, 4.69) is 31.2 Å². The lowest BCUT2D eigenvalue weighted by Crippen LogP contribution is -2.04. The molecule has 0 fully saturated rings. The first-order chi connectivity index (χ1) is 10.0. The maximum absolute atomic E-state index is 13.2. The normalized spacial score (nSPS) is 11.0. The number of hydrogen-bond donors (Lipinski definition) is 1. The van der Waals surface area contributed by atoms with Crippen molar-refractivity contribution in [2.24, 2.45) is 0 Å². The lowest BCUT2D eigenvalue weighted by atomic mass is 10.3. The van der Waals surface area contributed by atoms with Gasteiger partial charge in [0.25, 0.3) is 0 Å². The van der Waals surface area contributed by atoms with Crippen molar-refractivity contribution < 1.29 is 4.39 Å². The summed E-state index contributed by atoms with van der Waals surface area (Å²) in [6.45, 7) is 0.433. The second kappa shape index (κ2) is 5.79. The number of fused-ring (bicyclic) bond motifs is 1. The average Bonchev–Trinajstić information content (AvgIpc) is 2.80. The van der Waals surface area contributed by atoms with Gasteiger partial charge in [0.15, 0.2) is 5.65 Å². The van der Waals surface area contributed by atoms with Crippen molar-refractivity contribution in [2.45, 2.75) is 6.54 Å². The van der Waals surface area contributed by atoms with Crippen LogP contribution in [0.5, 0.6) is 0 Å². The van der Waals surface area contributed by atoms with Crippen LogP contribution in [0.2, 0.25) is 10.0 Å². The molecule has 2 heterocycles. The minimum atomic E-state index is -0.472. The molecule has 0 unspecified atom stereocenters. The van der Waals surface area contributed by atoms with Crippen molar-refractivity contribution in [2.75, 3.05) is 5.32 Å². The molecule has 0 aliphatic rings. The Morgan fingerprint density at radius 2 is 1.90 bits per heavy atom. The third-order valence-electron chi connectivity index (χ3n) is 2.89. The predicted molar refractivity (Wildman–Crippen MR) is 84.4 cm³/mol. The monoisotopic (exact) mass is 388 g/mol. The van der Waals surface area contributed by atoms with Crippen LogP contribution in [-0.2, 0) is 6.54 Å². The summed E-state index contributed by atoms with van der Waals surface area (Å²) in [5.74, 6) is -0.472. The second-order valence-corrected chi connectivity index (χ2v) is 5.91. The van der Waals surface area contributed by atoms with Gasteiger partial charge in [0.2, 0.25) is 0 Å². The van der Waals surface area contributed by atoms with Crippen LogP contribution < -0.4 is 5.32 Å². The van der Waals surface area contributed by atoms with Crippen LogP contribution in [0.15, 0.2) is 35.3 Å². The number of benzene rings is 1. The molecule has 4 nitrogen and oxygen atoms in total. The molecule has 2 aromatic heterocycles. The highest BCUT2D eigenvalue weighted by molar-refractivity contribution is 9.10.